The fourth-order valence-electron chi connectivity index (χ4n) is 2.82. The Labute approximate surface area is 143 Å². The van der Waals surface area contributed by atoms with Gasteiger partial charge in [-0.05, 0) is 19.4 Å². The number of nitrogens with zero attached hydrogens (tertiary/aromatic N) is 1. The molecule has 134 valence electrons. The van der Waals surface area contributed by atoms with Gasteiger partial charge in [0, 0.05) is 18.3 Å². The second-order valence-corrected chi connectivity index (χ2v) is 6.17. The maximum Gasteiger partial charge on any atom is 0.249 e. The van der Waals surface area contributed by atoms with Crippen molar-refractivity contribution >= 4 is 23.6 Å². The van der Waals surface area contributed by atoms with Gasteiger partial charge >= 0.3 is 0 Å². The van der Waals surface area contributed by atoms with E-state index < -0.39 is 35.8 Å². The van der Waals surface area contributed by atoms with E-state index in [1.165, 1.54) is 12.5 Å². The van der Waals surface area contributed by atoms with Crippen molar-refractivity contribution in [2.45, 2.75) is 43.8 Å². The Hall–Kier alpha value is -2.75. The molecule has 1 unspecified atom stereocenters. The highest BCUT2D eigenvalue weighted by atomic mass is 16.2. The van der Waals surface area contributed by atoms with Crippen LogP contribution in [0.5, 0.6) is 0 Å². The number of amides is 4. The van der Waals surface area contributed by atoms with Crippen LogP contribution in [0.25, 0.3) is 0 Å². The molecule has 0 spiro atoms. The van der Waals surface area contributed by atoms with Crippen LogP contribution >= 0.6 is 0 Å². The van der Waals surface area contributed by atoms with Crippen molar-refractivity contribution in [1.82, 2.24) is 31.2 Å². The van der Waals surface area contributed by atoms with Crippen molar-refractivity contribution in [2.75, 3.05) is 6.54 Å². The third-order valence-electron chi connectivity index (χ3n) is 4.28. The minimum atomic E-state index is -0.948. The Morgan fingerprint density at radius 3 is 2.68 bits per heavy atom. The number of imidazole rings is 1. The summed E-state index contributed by atoms with van der Waals surface area (Å²) in [5.41, 5.74) is 0.643. The van der Waals surface area contributed by atoms with Gasteiger partial charge < -0.3 is 20.9 Å². The first-order valence-corrected chi connectivity index (χ1v) is 8.18. The number of carbonyl (C=O) groups is 4. The summed E-state index contributed by atoms with van der Waals surface area (Å²) in [5.74, 6) is -1.65. The summed E-state index contributed by atoms with van der Waals surface area (Å²) in [7, 11) is 0. The molecule has 0 radical (unpaired) electrons. The van der Waals surface area contributed by atoms with Crippen LogP contribution in [0.15, 0.2) is 12.5 Å². The van der Waals surface area contributed by atoms with E-state index in [9.17, 15) is 19.2 Å². The molecule has 2 aliphatic heterocycles. The molecule has 3 heterocycles. The molecule has 2 saturated heterocycles. The van der Waals surface area contributed by atoms with E-state index in [0.29, 0.717) is 12.1 Å². The van der Waals surface area contributed by atoms with Crippen molar-refractivity contribution in [2.24, 2.45) is 0 Å². The Morgan fingerprint density at radius 2 is 2.08 bits per heavy atom. The molecule has 2 fully saturated rings. The average molecular weight is 348 g/mol. The van der Waals surface area contributed by atoms with Gasteiger partial charge in [-0.15, -0.1) is 0 Å². The lowest BCUT2D eigenvalue weighted by Crippen LogP contribution is -2.61. The molecule has 5 N–H and O–H groups in total. The SMILES string of the molecule is O=C1C[C@@H](C(=O)NC(Cc2cnc[nH]2)C(=O)NC(=O)[C@@H]2CCCN2)N1. The van der Waals surface area contributed by atoms with Gasteiger partial charge in [0.1, 0.15) is 12.1 Å². The summed E-state index contributed by atoms with van der Waals surface area (Å²) >= 11 is 0. The second-order valence-electron chi connectivity index (χ2n) is 6.17. The van der Waals surface area contributed by atoms with Crippen molar-refractivity contribution in [3.8, 4) is 0 Å². The predicted molar refractivity (Wildman–Crippen MR) is 84.9 cm³/mol. The Bertz CT molecular complexity index is 660. The first-order valence-electron chi connectivity index (χ1n) is 8.18. The van der Waals surface area contributed by atoms with Gasteiger partial charge in [-0.1, -0.05) is 0 Å². The number of aromatic nitrogens is 2. The molecule has 0 bridgehead atoms. The zero-order chi connectivity index (χ0) is 17.8. The fraction of sp³-hybridized carbons (Fsp3) is 0.533. The lowest BCUT2D eigenvalue weighted by Gasteiger charge is -2.28. The number of aromatic amines is 1. The minimum Gasteiger partial charge on any atom is -0.348 e. The molecule has 3 rings (SSSR count). The minimum absolute atomic E-state index is 0.0924. The van der Waals surface area contributed by atoms with E-state index in [1.807, 2.05) is 0 Å². The van der Waals surface area contributed by atoms with Gasteiger partial charge in [0.2, 0.25) is 23.6 Å². The number of hydrogen-bond acceptors (Lipinski definition) is 6. The summed E-state index contributed by atoms with van der Waals surface area (Å²) in [6.07, 6.45) is 4.80. The molecule has 0 aromatic carbocycles. The Kier molecular flexibility index (Phi) is 5.08. The highest BCUT2D eigenvalue weighted by Crippen LogP contribution is 2.07. The first kappa shape index (κ1) is 17.1. The zero-order valence-corrected chi connectivity index (χ0v) is 13.5. The Balaban J connectivity index is 1.62. The molecule has 0 aliphatic carbocycles. The smallest absolute Gasteiger partial charge is 0.249 e. The van der Waals surface area contributed by atoms with Gasteiger partial charge in [-0.3, -0.25) is 24.5 Å². The highest BCUT2D eigenvalue weighted by molar-refractivity contribution is 6.03. The molecule has 0 saturated carbocycles. The van der Waals surface area contributed by atoms with Crippen LogP contribution in [0, 0.1) is 0 Å². The van der Waals surface area contributed by atoms with Crippen LogP contribution in [0.2, 0.25) is 0 Å². The van der Waals surface area contributed by atoms with E-state index in [0.717, 1.165) is 13.0 Å². The largest absolute Gasteiger partial charge is 0.348 e. The second kappa shape index (κ2) is 7.43. The molecular weight excluding hydrogens is 328 g/mol. The summed E-state index contributed by atoms with van der Waals surface area (Å²) in [6, 6.07) is -1.98. The maximum absolute atomic E-state index is 12.5. The third-order valence-corrected chi connectivity index (χ3v) is 4.28. The molecular formula is C15H20N6O4. The number of rotatable bonds is 6. The number of β-lactam (4-membered cyclic amide) rings is 1. The number of nitrogens with one attached hydrogen (secondary N) is 5. The van der Waals surface area contributed by atoms with Gasteiger partial charge in [0.05, 0.1) is 18.8 Å². The predicted octanol–water partition coefficient (Wildman–Crippen LogP) is -2.28. The molecule has 1 aromatic heterocycles. The molecule has 10 nitrogen and oxygen atoms in total. The molecule has 2 aliphatic rings. The number of carbonyl (C=O) groups excluding carboxylic acids is 4. The van der Waals surface area contributed by atoms with E-state index in [2.05, 4.69) is 31.2 Å². The van der Waals surface area contributed by atoms with Gasteiger partial charge in [0.25, 0.3) is 0 Å². The molecule has 10 heteroatoms. The number of H-pyrrole nitrogens is 1. The normalized spacial score (nSPS) is 23.3. The van der Waals surface area contributed by atoms with Crippen LogP contribution in [0.4, 0.5) is 0 Å². The number of hydrogen-bond donors (Lipinski definition) is 5. The first-order chi connectivity index (χ1) is 12.0. The summed E-state index contributed by atoms with van der Waals surface area (Å²) in [5, 5.41) is 10.4. The lowest BCUT2D eigenvalue weighted by atomic mass is 10.0. The quantitative estimate of drug-likeness (QED) is 0.366. The third kappa shape index (κ3) is 4.21. The lowest BCUT2D eigenvalue weighted by molar-refractivity contribution is -0.139. The van der Waals surface area contributed by atoms with Crippen molar-refractivity contribution in [1.29, 1.82) is 0 Å². The van der Waals surface area contributed by atoms with E-state index in [-0.39, 0.29) is 18.7 Å². The van der Waals surface area contributed by atoms with Crippen LogP contribution < -0.4 is 21.3 Å². The monoisotopic (exact) mass is 348 g/mol. The van der Waals surface area contributed by atoms with Crippen molar-refractivity contribution in [3.05, 3.63) is 18.2 Å². The average Bonchev–Trinajstić information content (AvgIpc) is 3.24. The standard InChI is InChI=1S/C15H20N6O4/c22-12-5-11(19-12)14(24)20-10(4-8-6-16-7-18-8)15(25)21-13(23)9-2-1-3-17-9/h6-7,9-11,17H,1-5H2,(H,16,18)(H,19,22)(H,20,24)(H,21,23,25)/t9-,10?,11-/m0/s1. The van der Waals surface area contributed by atoms with Gasteiger partial charge in [-0.25, -0.2) is 4.98 Å². The van der Waals surface area contributed by atoms with Gasteiger partial charge in [-0.2, -0.15) is 0 Å². The molecule has 1 aromatic rings. The van der Waals surface area contributed by atoms with Crippen molar-refractivity contribution in [3.63, 3.8) is 0 Å². The fourth-order valence-corrected chi connectivity index (χ4v) is 2.82. The molecule has 3 atom stereocenters. The summed E-state index contributed by atoms with van der Waals surface area (Å²) in [6.45, 7) is 0.738. The van der Waals surface area contributed by atoms with Crippen LogP contribution in [0.1, 0.15) is 25.0 Å². The molecule has 4 amide bonds. The van der Waals surface area contributed by atoms with E-state index in [4.69, 9.17) is 0 Å². The maximum atomic E-state index is 12.5. The van der Waals surface area contributed by atoms with E-state index in [1.54, 1.807) is 0 Å². The van der Waals surface area contributed by atoms with E-state index >= 15 is 0 Å². The summed E-state index contributed by atoms with van der Waals surface area (Å²) < 4.78 is 0. The van der Waals surface area contributed by atoms with Crippen LogP contribution in [0.3, 0.4) is 0 Å². The highest BCUT2D eigenvalue weighted by Gasteiger charge is 2.35. The Morgan fingerprint density at radius 1 is 1.28 bits per heavy atom. The zero-order valence-electron chi connectivity index (χ0n) is 13.5. The van der Waals surface area contributed by atoms with Gasteiger partial charge in [0.15, 0.2) is 0 Å². The molecule has 25 heavy (non-hydrogen) atoms. The van der Waals surface area contributed by atoms with Crippen molar-refractivity contribution < 1.29 is 19.2 Å². The topological polar surface area (TPSA) is 145 Å². The van der Waals surface area contributed by atoms with Crippen LogP contribution in [-0.2, 0) is 25.6 Å². The summed E-state index contributed by atoms with van der Waals surface area (Å²) in [4.78, 5) is 54.4. The van der Waals surface area contributed by atoms with Crippen LogP contribution in [-0.4, -0.2) is 58.3 Å². The number of imide groups is 1.